The molecule has 35 heavy (non-hydrogen) atoms. The number of carboxylic acids is 1. The Morgan fingerprint density at radius 1 is 1.23 bits per heavy atom. The van der Waals surface area contributed by atoms with Gasteiger partial charge in [-0.1, -0.05) is 0 Å². The van der Waals surface area contributed by atoms with E-state index in [0.717, 1.165) is 30.3 Å². The highest BCUT2D eigenvalue weighted by Gasteiger charge is 2.28. The maximum absolute atomic E-state index is 13.8. The molecule has 11 nitrogen and oxygen atoms in total. The summed E-state index contributed by atoms with van der Waals surface area (Å²) in [6, 6.07) is 0. The van der Waals surface area contributed by atoms with Gasteiger partial charge in [-0.25, -0.2) is 19.3 Å². The van der Waals surface area contributed by atoms with Crippen LogP contribution in [0.3, 0.4) is 0 Å². The van der Waals surface area contributed by atoms with E-state index in [0.29, 0.717) is 43.2 Å². The zero-order chi connectivity index (χ0) is 24.9. The molecule has 1 saturated carbocycles. The summed E-state index contributed by atoms with van der Waals surface area (Å²) in [6.45, 7) is 4.55. The highest BCUT2D eigenvalue weighted by atomic mass is 19.1. The summed E-state index contributed by atoms with van der Waals surface area (Å²) in [5, 5.41) is 19.6. The second-order valence-corrected chi connectivity index (χ2v) is 8.49. The smallest absolute Gasteiger partial charge is 0.306 e. The molecule has 0 amide bonds. The number of carbonyl (C=O) groups is 1. The molecular formula is C23H29FN8O3. The summed E-state index contributed by atoms with van der Waals surface area (Å²) in [5.74, 6) is -0.220. The summed E-state index contributed by atoms with van der Waals surface area (Å²) in [7, 11) is 1.81. The number of aryl methyl sites for hydroxylation is 2. The minimum Gasteiger partial charge on any atom is -0.487 e. The molecule has 0 unspecified atom stereocenters. The Balaban J connectivity index is 1.48. The van der Waals surface area contributed by atoms with Gasteiger partial charge in [0.05, 0.1) is 54.1 Å². The van der Waals surface area contributed by atoms with Crippen LogP contribution in [-0.2, 0) is 18.4 Å². The van der Waals surface area contributed by atoms with Crippen LogP contribution < -0.4 is 15.4 Å². The normalized spacial score (nSPS) is 17.7. The fraction of sp³-hybridized carbons (Fsp3) is 0.478. The third kappa shape index (κ3) is 5.64. The lowest BCUT2D eigenvalue weighted by molar-refractivity contribution is -0.143. The first kappa shape index (κ1) is 24.3. The van der Waals surface area contributed by atoms with Crippen LogP contribution in [0.15, 0.2) is 18.6 Å². The van der Waals surface area contributed by atoms with Gasteiger partial charge in [-0.15, -0.1) is 0 Å². The predicted octanol–water partition coefficient (Wildman–Crippen LogP) is 3.18. The lowest BCUT2D eigenvalue weighted by atomic mass is 9.87. The third-order valence-electron chi connectivity index (χ3n) is 6.01. The van der Waals surface area contributed by atoms with E-state index >= 15 is 0 Å². The number of carboxylic acid groups (broad SMARTS) is 1. The van der Waals surface area contributed by atoms with Crippen molar-refractivity contribution in [3.05, 3.63) is 35.8 Å². The molecule has 0 spiro atoms. The molecule has 0 saturated heterocycles. The molecule has 3 N–H and O–H groups in total. The van der Waals surface area contributed by atoms with Crippen molar-refractivity contribution in [1.29, 1.82) is 0 Å². The van der Waals surface area contributed by atoms with Gasteiger partial charge >= 0.3 is 5.97 Å². The lowest BCUT2D eigenvalue weighted by Gasteiger charge is -2.27. The first-order chi connectivity index (χ1) is 16.9. The molecule has 1 aliphatic carbocycles. The number of nitrogens with zero attached hydrogens (tertiary/aromatic N) is 6. The maximum atomic E-state index is 13.8. The van der Waals surface area contributed by atoms with Gasteiger partial charge in [0.25, 0.3) is 0 Å². The van der Waals surface area contributed by atoms with Crippen LogP contribution in [-0.4, -0.2) is 53.4 Å². The zero-order valence-electron chi connectivity index (χ0n) is 20.0. The molecule has 0 aliphatic heterocycles. The van der Waals surface area contributed by atoms with Crippen LogP contribution in [0.2, 0.25) is 0 Å². The van der Waals surface area contributed by atoms with E-state index in [1.54, 1.807) is 17.1 Å². The van der Waals surface area contributed by atoms with Crippen molar-refractivity contribution in [3.63, 3.8) is 0 Å². The summed E-state index contributed by atoms with van der Waals surface area (Å²) in [4.78, 5) is 28.6. The Morgan fingerprint density at radius 3 is 2.80 bits per heavy atom. The summed E-state index contributed by atoms with van der Waals surface area (Å²) < 4.78 is 21.6. The zero-order valence-corrected chi connectivity index (χ0v) is 20.0. The van der Waals surface area contributed by atoms with Gasteiger partial charge in [0.2, 0.25) is 5.95 Å². The average molecular weight is 485 g/mol. The molecule has 0 aromatic carbocycles. The van der Waals surface area contributed by atoms with Gasteiger partial charge in [-0.05, 0) is 39.5 Å². The van der Waals surface area contributed by atoms with Crippen molar-refractivity contribution < 1.29 is 19.0 Å². The van der Waals surface area contributed by atoms with Crippen LogP contribution in [0.25, 0.3) is 11.4 Å². The molecule has 2 atom stereocenters. The van der Waals surface area contributed by atoms with Gasteiger partial charge in [0.15, 0.2) is 23.2 Å². The highest BCUT2D eigenvalue weighted by molar-refractivity contribution is 5.70. The largest absolute Gasteiger partial charge is 0.487 e. The molecule has 186 valence electrons. The van der Waals surface area contributed by atoms with Gasteiger partial charge in [0.1, 0.15) is 0 Å². The fourth-order valence-corrected chi connectivity index (χ4v) is 4.12. The quantitative estimate of drug-likeness (QED) is 0.415. The van der Waals surface area contributed by atoms with E-state index in [2.05, 4.69) is 35.7 Å². The molecule has 3 aromatic rings. The van der Waals surface area contributed by atoms with Gasteiger partial charge < -0.3 is 20.5 Å². The average Bonchev–Trinajstić information content (AvgIpc) is 3.21. The molecule has 4 rings (SSSR count). The number of nitrogens with one attached hydrogen (secondary N) is 2. The Morgan fingerprint density at radius 2 is 2.06 bits per heavy atom. The molecule has 3 aromatic heterocycles. The Hall–Kier alpha value is -3.83. The van der Waals surface area contributed by atoms with Crippen molar-refractivity contribution in [2.45, 2.75) is 52.2 Å². The van der Waals surface area contributed by atoms with E-state index in [-0.39, 0.29) is 23.8 Å². The van der Waals surface area contributed by atoms with Crippen molar-refractivity contribution in [3.8, 4) is 17.1 Å². The number of anilines is 2. The molecule has 3 heterocycles. The predicted molar refractivity (Wildman–Crippen MR) is 126 cm³/mol. The van der Waals surface area contributed by atoms with Crippen molar-refractivity contribution >= 4 is 17.7 Å². The van der Waals surface area contributed by atoms with Gasteiger partial charge in [0, 0.05) is 13.6 Å². The van der Waals surface area contributed by atoms with Crippen LogP contribution in [0.4, 0.5) is 16.2 Å². The minimum absolute atomic E-state index is 0.136. The first-order valence-electron chi connectivity index (χ1n) is 11.6. The molecule has 0 radical (unpaired) electrons. The van der Waals surface area contributed by atoms with Crippen LogP contribution in [0.5, 0.6) is 5.75 Å². The number of hydrogen-bond acceptors (Lipinski definition) is 9. The number of aliphatic carboxylic acids is 1. The van der Waals surface area contributed by atoms with Gasteiger partial charge in [-0.3, -0.25) is 9.48 Å². The number of ether oxygens (including phenoxy) is 1. The maximum Gasteiger partial charge on any atom is 0.306 e. The van der Waals surface area contributed by atoms with Crippen LogP contribution >= 0.6 is 0 Å². The monoisotopic (exact) mass is 484 g/mol. The number of hydrogen-bond donors (Lipinski definition) is 3. The minimum atomic E-state index is -0.775. The highest BCUT2D eigenvalue weighted by Crippen LogP contribution is 2.30. The van der Waals surface area contributed by atoms with E-state index in [4.69, 9.17) is 4.74 Å². The van der Waals surface area contributed by atoms with Gasteiger partial charge in [-0.2, -0.15) is 10.1 Å². The van der Waals surface area contributed by atoms with Crippen LogP contribution in [0.1, 0.15) is 44.0 Å². The molecule has 1 aliphatic rings. The van der Waals surface area contributed by atoms with E-state index < -0.39 is 11.8 Å². The Bertz CT molecular complexity index is 1200. The SMILES string of the molecule is CCNc1nc(NCc2c(-c3ncc(O[C@H]4CCC[C@H](C(=O)O)C4)c(C)n3)cnn2C)ncc1F. The van der Waals surface area contributed by atoms with Crippen molar-refractivity contribution in [2.75, 3.05) is 17.2 Å². The Kier molecular flexibility index (Phi) is 7.37. The first-order valence-corrected chi connectivity index (χ1v) is 11.6. The second kappa shape index (κ2) is 10.6. The number of aromatic nitrogens is 6. The number of rotatable bonds is 9. The summed E-state index contributed by atoms with van der Waals surface area (Å²) in [6.07, 6.45) is 7.05. The second-order valence-electron chi connectivity index (χ2n) is 8.49. The van der Waals surface area contributed by atoms with E-state index in [9.17, 15) is 14.3 Å². The lowest BCUT2D eigenvalue weighted by Crippen LogP contribution is -2.29. The van der Waals surface area contributed by atoms with E-state index in [1.165, 1.54) is 0 Å². The standard InChI is InChI=1S/C23H29FN8O3/c1-4-25-21-17(24)10-27-23(31-21)28-11-18-16(9-29-32(18)3)20-26-12-19(13(2)30-20)35-15-7-5-6-14(8-15)22(33)34/h9-10,12,14-15H,4-8,11H2,1-3H3,(H,33,34)(H2,25,27,28,31)/t14-,15-/m0/s1. The molecular weight excluding hydrogens is 455 g/mol. The topological polar surface area (TPSA) is 140 Å². The summed E-state index contributed by atoms with van der Waals surface area (Å²) >= 11 is 0. The third-order valence-corrected chi connectivity index (χ3v) is 6.01. The molecule has 12 heteroatoms. The molecule has 0 bridgehead atoms. The van der Waals surface area contributed by atoms with Crippen molar-refractivity contribution in [1.82, 2.24) is 29.7 Å². The van der Waals surface area contributed by atoms with Crippen LogP contribution in [0, 0.1) is 18.7 Å². The number of halogens is 1. The van der Waals surface area contributed by atoms with E-state index in [1.807, 2.05) is 20.9 Å². The summed E-state index contributed by atoms with van der Waals surface area (Å²) in [5.41, 5.74) is 2.19. The fourth-order valence-electron chi connectivity index (χ4n) is 4.12. The molecule has 1 fully saturated rings. The van der Waals surface area contributed by atoms with Crippen molar-refractivity contribution in [2.24, 2.45) is 13.0 Å². The Labute approximate surface area is 202 Å².